The van der Waals surface area contributed by atoms with E-state index in [9.17, 15) is 24.3 Å². The van der Waals surface area contributed by atoms with Gasteiger partial charge in [-0.1, -0.05) is 66.9 Å². The molecule has 1 aromatic carbocycles. The number of carbonyl (C=O) groups excluding carboxylic acids is 3. The van der Waals surface area contributed by atoms with Crippen molar-refractivity contribution >= 4 is 24.4 Å². The summed E-state index contributed by atoms with van der Waals surface area (Å²) in [6.45, 7) is 11.6. The largest absolute Gasteiger partial charge is 0.513 e. The molecule has 0 saturated carbocycles. The quantitative estimate of drug-likeness (QED) is 0.0965. The lowest BCUT2D eigenvalue weighted by molar-refractivity contribution is -0.139. The molecule has 0 amide bonds. The van der Waals surface area contributed by atoms with Crippen molar-refractivity contribution in [2.75, 3.05) is 26.4 Å². The van der Waals surface area contributed by atoms with Crippen molar-refractivity contribution in [3.05, 3.63) is 23.8 Å². The molecule has 0 fully saturated rings. The molecule has 1 rings (SSSR count). The van der Waals surface area contributed by atoms with Crippen LogP contribution >= 0.6 is 0 Å². The second kappa shape index (κ2) is 18.7. The number of rotatable bonds is 17. The van der Waals surface area contributed by atoms with E-state index in [1.54, 1.807) is 6.92 Å². The van der Waals surface area contributed by atoms with Gasteiger partial charge in [0.1, 0.15) is 6.04 Å². The molecule has 232 valence electrons. The van der Waals surface area contributed by atoms with Crippen LogP contribution in [0.15, 0.2) is 18.2 Å². The van der Waals surface area contributed by atoms with Crippen LogP contribution in [0.1, 0.15) is 78.7 Å². The van der Waals surface area contributed by atoms with Crippen LogP contribution in [0.3, 0.4) is 0 Å². The number of aliphatic carboxylic acids is 1. The van der Waals surface area contributed by atoms with Crippen LogP contribution in [0.2, 0.25) is 0 Å². The summed E-state index contributed by atoms with van der Waals surface area (Å²) in [5.41, 5.74) is 6.37. The molecule has 0 aromatic heterocycles. The van der Waals surface area contributed by atoms with E-state index in [1.165, 1.54) is 18.2 Å². The molecule has 0 bridgehead atoms. The third-order valence-corrected chi connectivity index (χ3v) is 6.57. The fourth-order valence-electron chi connectivity index (χ4n) is 3.48. The summed E-state index contributed by atoms with van der Waals surface area (Å²) in [4.78, 5) is 48.6. The van der Waals surface area contributed by atoms with Crippen LogP contribution < -0.4 is 15.2 Å². The summed E-state index contributed by atoms with van der Waals surface area (Å²) in [6, 6.07) is 2.75. The van der Waals surface area contributed by atoms with Crippen molar-refractivity contribution in [3.8, 4) is 11.5 Å². The minimum atomic E-state index is -1.41. The van der Waals surface area contributed by atoms with Crippen LogP contribution in [0.4, 0.5) is 14.4 Å². The van der Waals surface area contributed by atoms with E-state index in [2.05, 4.69) is 0 Å². The molecule has 0 saturated heterocycles. The predicted octanol–water partition coefficient (Wildman–Crippen LogP) is 5.89. The third-order valence-electron chi connectivity index (χ3n) is 6.57. The lowest BCUT2D eigenvalue weighted by atomic mass is 9.82. The highest BCUT2D eigenvalue weighted by Gasteiger charge is 2.33. The van der Waals surface area contributed by atoms with Gasteiger partial charge in [-0.3, -0.25) is 4.79 Å². The van der Waals surface area contributed by atoms with E-state index < -0.39 is 42.3 Å². The molecule has 12 nitrogen and oxygen atoms in total. The van der Waals surface area contributed by atoms with Gasteiger partial charge in [0.25, 0.3) is 0 Å². The highest BCUT2D eigenvalue weighted by molar-refractivity contribution is 5.75. The highest BCUT2D eigenvalue weighted by Crippen LogP contribution is 2.36. The summed E-state index contributed by atoms with van der Waals surface area (Å²) in [5.74, 6) is -2.94. The standard InChI is InChI=1S/C29H45NO11/c1-7-10-13-36-27(33)39-17-20(6)24(25(30)26(31)32)21-11-12-22(40-28(34)37-15-18(4)8-2)23(14-21)41-29(35)38-16-19(5)9-3/h11-12,14,18-20,24-25H,7-10,13,15-17,30H2,1-6H3,(H,31,32)/t18?,19?,20?,24?,25-/m0/s1. The van der Waals surface area contributed by atoms with Crippen molar-refractivity contribution in [3.63, 3.8) is 0 Å². The molecule has 41 heavy (non-hydrogen) atoms. The number of hydrogen-bond donors (Lipinski definition) is 2. The Morgan fingerprint density at radius 3 is 1.83 bits per heavy atom. The summed E-state index contributed by atoms with van der Waals surface area (Å²) in [7, 11) is 0. The van der Waals surface area contributed by atoms with E-state index in [4.69, 9.17) is 34.2 Å². The van der Waals surface area contributed by atoms with Gasteiger partial charge < -0.3 is 39.3 Å². The highest BCUT2D eigenvalue weighted by atomic mass is 16.7. The van der Waals surface area contributed by atoms with E-state index in [1.807, 2.05) is 34.6 Å². The van der Waals surface area contributed by atoms with Crippen LogP contribution in [0, 0.1) is 17.8 Å². The molecule has 3 N–H and O–H groups in total. The van der Waals surface area contributed by atoms with Gasteiger partial charge >= 0.3 is 24.4 Å². The maximum absolute atomic E-state index is 12.5. The van der Waals surface area contributed by atoms with E-state index >= 15 is 0 Å². The smallest absolute Gasteiger partial charge is 0.480 e. The first-order valence-corrected chi connectivity index (χ1v) is 14.0. The SMILES string of the molecule is CCCCOC(=O)OCC(C)C(c1ccc(OC(=O)OCC(C)CC)c(OC(=O)OCC(C)CC)c1)[C@H](N)C(=O)O. The Hall–Kier alpha value is -3.54. The second-order valence-electron chi connectivity index (χ2n) is 10.2. The van der Waals surface area contributed by atoms with Crippen molar-refractivity contribution in [2.45, 2.75) is 79.2 Å². The van der Waals surface area contributed by atoms with Crippen LogP contribution in [0.25, 0.3) is 0 Å². The molecule has 1 aromatic rings. The van der Waals surface area contributed by atoms with Gasteiger partial charge in [0.2, 0.25) is 0 Å². The lowest BCUT2D eigenvalue weighted by Crippen LogP contribution is -2.40. The maximum atomic E-state index is 12.5. The third kappa shape index (κ3) is 13.1. The number of carboxylic acid groups (broad SMARTS) is 1. The normalized spacial score (nSPS) is 14.5. The number of carbonyl (C=O) groups is 4. The van der Waals surface area contributed by atoms with Crippen LogP contribution in [-0.4, -0.2) is 62.0 Å². The van der Waals surface area contributed by atoms with Crippen LogP contribution in [-0.2, 0) is 23.7 Å². The molecule has 0 aliphatic carbocycles. The Morgan fingerprint density at radius 2 is 1.32 bits per heavy atom. The first kappa shape index (κ1) is 35.5. The minimum Gasteiger partial charge on any atom is -0.480 e. The number of unbranched alkanes of at least 4 members (excludes halogenated alkanes) is 1. The molecular weight excluding hydrogens is 538 g/mol. The number of carboxylic acids is 1. The second-order valence-corrected chi connectivity index (χ2v) is 10.2. The van der Waals surface area contributed by atoms with Crippen molar-refractivity contribution in [2.24, 2.45) is 23.5 Å². The summed E-state index contributed by atoms with van der Waals surface area (Å²) < 4.78 is 31.1. The van der Waals surface area contributed by atoms with E-state index in [0.717, 1.165) is 19.3 Å². The fourth-order valence-corrected chi connectivity index (χ4v) is 3.48. The zero-order valence-electron chi connectivity index (χ0n) is 24.9. The molecule has 0 spiro atoms. The van der Waals surface area contributed by atoms with Crippen LogP contribution in [0.5, 0.6) is 11.5 Å². The van der Waals surface area contributed by atoms with Crippen molar-refractivity contribution < 1.29 is 52.7 Å². The summed E-state index contributed by atoms with van der Waals surface area (Å²) in [5, 5.41) is 9.69. The molecule has 0 aliphatic rings. The first-order valence-electron chi connectivity index (χ1n) is 14.0. The topological polar surface area (TPSA) is 170 Å². The van der Waals surface area contributed by atoms with Gasteiger partial charge in [0, 0.05) is 5.92 Å². The molecule has 5 atom stereocenters. The lowest BCUT2D eigenvalue weighted by Gasteiger charge is -2.28. The zero-order valence-corrected chi connectivity index (χ0v) is 24.9. The summed E-state index contributed by atoms with van der Waals surface area (Å²) in [6.07, 6.45) is 0.176. The number of nitrogens with two attached hydrogens (primary N) is 1. The van der Waals surface area contributed by atoms with Gasteiger partial charge in [0.15, 0.2) is 11.5 Å². The average molecular weight is 584 g/mol. The van der Waals surface area contributed by atoms with Gasteiger partial charge in [-0.25, -0.2) is 14.4 Å². The minimum absolute atomic E-state index is 0.0904. The first-order chi connectivity index (χ1) is 19.4. The molecule has 4 unspecified atom stereocenters. The Kier molecular flexibility index (Phi) is 16.2. The Morgan fingerprint density at radius 1 is 0.780 bits per heavy atom. The number of ether oxygens (including phenoxy) is 6. The van der Waals surface area contributed by atoms with Gasteiger partial charge in [0.05, 0.1) is 26.4 Å². The zero-order chi connectivity index (χ0) is 30.9. The Labute approximate surface area is 241 Å². The predicted molar refractivity (Wildman–Crippen MR) is 149 cm³/mol. The molecule has 0 radical (unpaired) electrons. The van der Waals surface area contributed by atoms with Gasteiger partial charge in [-0.15, -0.1) is 0 Å². The molecule has 12 heteroatoms. The monoisotopic (exact) mass is 583 g/mol. The number of benzene rings is 1. The molecule has 0 heterocycles. The van der Waals surface area contributed by atoms with E-state index in [0.29, 0.717) is 12.0 Å². The van der Waals surface area contributed by atoms with Gasteiger partial charge in [-0.2, -0.15) is 0 Å². The van der Waals surface area contributed by atoms with Crippen molar-refractivity contribution in [1.29, 1.82) is 0 Å². The average Bonchev–Trinajstić information content (AvgIpc) is 2.94. The fraction of sp³-hybridized carbons (Fsp3) is 0.655. The van der Waals surface area contributed by atoms with Crippen molar-refractivity contribution in [1.82, 2.24) is 0 Å². The maximum Gasteiger partial charge on any atom is 0.513 e. The summed E-state index contributed by atoms with van der Waals surface area (Å²) >= 11 is 0. The van der Waals surface area contributed by atoms with E-state index in [-0.39, 0.29) is 49.8 Å². The Balaban J connectivity index is 3.26. The Bertz CT molecular complexity index is 984. The molecular formula is C29H45NO11. The van der Waals surface area contributed by atoms with Gasteiger partial charge in [-0.05, 0) is 41.9 Å². The molecule has 0 aliphatic heterocycles. The number of hydrogen-bond acceptors (Lipinski definition) is 11.